The normalized spacial score (nSPS) is 18.3. The molecule has 1 aliphatic heterocycles. The van der Waals surface area contributed by atoms with Crippen molar-refractivity contribution in [3.63, 3.8) is 0 Å². The minimum Gasteiger partial charge on any atom is -0.463 e. The zero-order chi connectivity index (χ0) is 13.2. The molecule has 1 atom stereocenters. The Kier molecular flexibility index (Phi) is 3.31. The SMILES string of the molecule is O=C(OC1CCOC1=O)c1csc(-c2ccsc2)n1. The molecule has 2 aromatic rings. The van der Waals surface area contributed by atoms with Gasteiger partial charge in [-0.2, -0.15) is 11.3 Å². The molecule has 19 heavy (non-hydrogen) atoms. The van der Waals surface area contributed by atoms with E-state index in [1.165, 1.54) is 11.3 Å². The lowest BCUT2D eigenvalue weighted by molar-refractivity contribution is -0.145. The summed E-state index contributed by atoms with van der Waals surface area (Å²) < 4.78 is 9.81. The van der Waals surface area contributed by atoms with Gasteiger partial charge in [0, 0.05) is 22.7 Å². The first-order chi connectivity index (χ1) is 9.24. The van der Waals surface area contributed by atoms with Gasteiger partial charge in [0.2, 0.25) is 6.10 Å². The van der Waals surface area contributed by atoms with Crippen LogP contribution in [0.3, 0.4) is 0 Å². The van der Waals surface area contributed by atoms with Crippen molar-refractivity contribution < 1.29 is 19.1 Å². The highest BCUT2D eigenvalue weighted by Gasteiger charge is 2.31. The van der Waals surface area contributed by atoms with Crippen LogP contribution in [0.15, 0.2) is 22.2 Å². The fourth-order valence-electron chi connectivity index (χ4n) is 1.66. The van der Waals surface area contributed by atoms with Crippen molar-refractivity contribution in [2.24, 2.45) is 0 Å². The number of nitrogens with zero attached hydrogens (tertiary/aromatic N) is 1. The fourth-order valence-corrected chi connectivity index (χ4v) is 3.16. The van der Waals surface area contributed by atoms with Gasteiger partial charge in [-0.1, -0.05) is 0 Å². The molecule has 0 aliphatic carbocycles. The van der Waals surface area contributed by atoms with E-state index in [2.05, 4.69) is 4.98 Å². The third-order valence-electron chi connectivity index (χ3n) is 2.62. The first-order valence-corrected chi connectivity index (χ1v) is 7.42. The number of carbonyl (C=O) groups excluding carboxylic acids is 2. The Morgan fingerprint density at radius 2 is 2.37 bits per heavy atom. The Morgan fingerprint density at radius 1 is 1.47 bits per heavy atom. The molecule has 0 spiro atoms. The van der Waals surface area contributed by atoms with Gasteiger partial charge in [-0.05, 0) is 11.4 Å². The number of carbonyl (C=O) groups is 2. The van der Waals surface area contributed by atoms with Gasteiger partial charge in [0.05, 0.1) is 6.61 Å². The highest BCUT2D eigenvalue weighted by Crippen LogP contribution is 2.26. The molecule has 1 saturated heterocycles. The maximum absolute atomic E-state index is 11.8. The fraction of sp³-hybridized carbons (Fsp3) is 0.250. The van der Waals surface area contributed by atoms with E-state index in [9.17, 15) is 9.59 Å². The van der Waals surface area contributed by atoms with Crippen LogP contribution in [-0.2, 0) is 14.3 Å². The molecular weight excluding hydrogens is 286 g/mol. The van der Waals surface area contributed by atoms with Gasteiger partial charge in [-0.3, -0.25) is 0 Å². The standard InChI is InChI=1S/C12H9NO4S2/c14-11(17-9-1-3-16-12(9)15)8-6-19-10(13-8)7-2-4-18-5-7/h2,4-6,9H,1,3H2. The molecule has 1 fully saturated rings. The van der Waals surface area contributed by atoms with Crippen molar-refractivity contribution in [2.45, 2.75) is 12.5 Å². The predicted molar refractivity (Wildman–Crippen MR) is 70.2 cm³/mol. The Balaban J connectivity index is 1.72. The second-order valence-corrected chi connectivity index (χ2v) is 5.54. The molecule has 1 aliphatic rings. The molecule has 0 bridgehead atoms. The maximum Gasteiger partial charge on any atom is 0.358 e. The van der Waals surface area contributed by atoms with Gasteiger partial charge < -0.3 is 9.47 Å². The molecule has 0 radical (unpaired) electrons. The first kappa shape index (κ1) is 12.3. The number of thiophene rings is 1. The Labute approximate surface area is 116 Å². The van der Waals surface area contributed by atoms with Crippen molar-refractivity contribution in [1.29, 1.82) is 0 Å². The number of ether oxygens (including phenoxy) is 2. The minimum absolute atomic E-state index is 0.228. The number of rotatable bonds is 3. The molecule has 0 amide bonds. The molecule has 5 nitrogen and oxygen atoms in total. The summed E-state index contributed by atoms with van der Waals surface area (Å²) in [5.41, 5.74) is 1.21. The summed E-state index contributed by atoms with van der Waals surface area (Å²) in [7, 11) is 0. The van der Waals surface area contributed by atoms with E-state index in [1.807, 2.05) is 16.8 Å². The molecule has 0 saturated carbocycles. The summed E-state index contributed by atoms with van der Waals surface area (Å²) in [5.74, 6) is -1.07. The maximum atomic E-state index is 11.8. The van der Waals surface area contributed by atoms with E-state index in [-0.39, 0.29) is 5.69 Å². The monoisotopic (exact) mass is 295 g/mol. The van der Waals surface area contributed by atoms with Crippen LogP contribution in [-0.4, -0.2) is 29.6 Å². The van der Waals surface area contributed by atoms with Crippen molar-refractivity contribution in [3.05, 3.63) is 27.9 Å². The topological polar surface area (TPSA) is 65.5 Å². The van der Waals surface area contributed by atoms with E-state index in [4.69, 9.17) is 9.47 Å². The molecule has 3 rings (SSSR count). The molecule has 0 aromatic carbocycles. The van der Waals surface area contributed by atoms with Crippen molar-refractivity contribution in [3.8, 4) is 10.6 Å². The summed E-state index contributed by atoms with van der Waals surface area (Å²) in [5, 5.41) is 6.31. The van der Waals surface area contributed by atoms with E-state index >= 15 is 0 Å². The average molecular weight is 295 g/mol. The van der Waals surface area contributed by atoms with Gasteiger partial charge in [0.25, 0.3) is 0 Å². The molecule has 2 aromatic heterocycles. The largest absolute Gasteiger partial charge is 0.463 e. The molecular formula is C12H9NO4S2. The van der Waals surface area contributed by atoms with Crippen LogP contribution in [0.5, 0.6) is 0 Å². The van der Waals surface area contributed by atoms with Gasteiger partial charge in [-0.25, -0.2) is 14.6 Å². The lowest BCUT2D eigenvalue weighted by atomic mass is 10.3. The van der Waals surface area contributed by atoms with Crippen molar-refractivity contribution >= 4 is 34.6 Å². The van der Waals surface area contributed by atoms with Crippen LogP contribution in [0.2, 0.25) is 0 Å². The smallest absolute Gasteiger partial charge is 0.358 e. The molecule has 7 heteroatoms. The number of hydrogen-bond acceptors (Lipinski definition) is 7. The number of hydrogen-bond donors (Lipinski definition) is 0. The lowest BCUT2D eigenvalue weighted by Gasteiger charge is -2.05. The predicted octanol–water partition coefficient (Wildman–Crippen LogP) is 2.34. The number of cyclic esters (lactones) is 1. The van der Waals surface area contributed by atoms with Crippen LogP contribution < -0.4 is 0 Å². The second-order valence-electron chi connectivity index (χ2n) is 3.90. The molecule has 3 heterocycles. The van der Waals surface area contributed by atoms with E-state index in [0.717, 1.165) is 10.6 Å². The van der Waals surface area contributed by atoms with Gasteiger partial charge >= 0.3 is 11.9 Å². The summed E-state index contributed by atoms with van der Waals surface area (Å²) in [4.78, 5) is 27.3. The Bertz CT molecular complexity index is 605. The van der Waals surface area contributed by atoms with Gasteiger partial charge in [-0.15, -0.1) is 11.3 Å². The zero-order valence-corrected chi connectivity index (χ0v) is 11.3. The second kappa shape index (κ2) is 5.10. The van der Waals surface area contributed by atoms with Crippen LogP contribution in [0, 0.1) is 0 Å². The quantitative estimate of drug-likeness (QED) is 0.813. The average Bonchev–Trinajstić information content (AvgIpc) is 3.09. The number of esters is 2. The Hall–Kier alpha value is -1.73. The first-order valence-electron chi connectivity index (χ1n) is 5.60. The lowest BCUT2D eigenvalue weighted by Crippen LogP contribution is -2.22. The van der Waals surface area contributed by atoms with E-state index in [0.29, 0.717) is 13.0 Å². The van der Waals surface area contributed by atoms with Gasteiger partial charge in [0.1, 0.15) is 5.01 Å². The summed E-state index contributed by atoms with van der Waals surface area (Å²) in [6.45, 7) is 0.300. The van der Waals surface area contributed by atoms with Crippen LogP contribution in [0.25, 0.3) is 10.6 Å². The molecule has 0 N–H and O–H groups in total. The number of thiazole rings is 1. The summed E-state index contributed by atoms with van der Waals surface area (Å²) in [6, 6.07) is 1.94. The van der Waals surface area contributed by atoms with Crippen LogP contribution in [0.4, 0.5) is 0 Å². The molecule has 98 valence electrons. The molecule has 1 unspecified atom stereocenters. The van der Waals surface area contributed by atoms with Crippen LogP contribution in [0.1, 0.15) is 16.9 Å². The zero-order valence-electron chi connectivity index (χ0n) is 9.70. The Morgan fingerprint density at radius 3 is 3.05 bits per heavy atom. The van der Waals surface area contributed by atoms with Crippen molar-refractivity contribution in [2.75, 3.05) is 6.61 Å². The van der Waals surface area contributed by atoms with Crippen molar-refractivity contribution in [1.82, 2.24) is 4.98 Å². The summed E-state index contributed by atoms with van der Waals surface area (Å²) in [6.07, 6.45) is -0.384. The number of aromatic nitrogens is 1. The third kappa shape index (κ3) is 2.52. The minimum atomic E-state index is -0.793. The van der Waals surface area contributed by atoms with Gasteiger partial charge in [0.15, 0.2) is 5.69 Å². The summed E-state index contributed by atoms with van der Waals surface area (Å²) >= 11 is 2.94. The van der Waals surface area contributed by atoms with Crippen LogP contribution >= 0.6 is 22.7 Å². The van der Waals surface area contributed by atoms with E-state index in [1.54, 1.807) is 16.7 Å². The third-order valence-corrected chi connectivity index (χ3v) is 4.19. The highest BCUT2D eigenvalue weighted by atomic mass is 32.1. The van der Waals surface area contributed by atoms with E-state index < -0.39 is 18.0 Å². The highest BCUT2D eigenvalue weighted by molar-refractivity contribution is 7.14.